The topological polar surface area (TPSA) is 57.4 Å². The molecule has 5 aromatic rings. The van der Waals surface area contributed by atoms with Crippen molar-refractivity contribution in [1.82, 2.24) is 19.9 Å². The van der Waals surface area contributed by atoms with Crippen LogP contribution in [-0.2, 0) is 12.8 Å². The molecule has 0 unspecified atom stereocenters. The summed E-state index contributed by atoms with van der Waals surface area (Å²) < 4.78 is 0. The van der Waals surface area contributed by atoms with E-state index in [1.165, 1.54) is 38.7 Å². The van der Waals surface area contributed by atoms with Crippen molar-refractivity contribution >= 4 is 10.8 Å². The van der Waals surface area contributed by atoms with Crippen LogP contribution < -0.4 is 0 Å². The molecule has 1 aliphatic rings. The van der Waals surface area contributed by atoms with Crippen molar-refractivity contribution in [3.63, 3.8) is 0 Å². The lowest BCUT2D eigenvalue weighted by atomic mass is 9.87. The molecule has 4 nitrogen and oxygen atoms in total. The fraction of sp³-hybridized carbons (Fsp3) is 0.154. The highest BCUT2D eigenvalue weighted by Crippen LogP contribution is 2.37. The van der Waals surface area contributed by atoms with Crippen molar-refractivity contribution in [2.75, 3.05) is 0 Å². The predicted octanol–water partition coefficient (Wildman–Crippen LogP) is 6.00. The van der Waals surface area contributed by atoms with Crippen LogP contribution >= 0.6 is 0 Å². The lowest BCUT2D eigenvalue weighted by Crippen LogP contribution is -2.04. The third-order valence-electron chi connectivity index (χ3n) is 6.14. The van der Waals surface area contributed by atoms with Crippen LogP contribution in [0.4, 0.5) is 0 Å². The minimum absolute atomic E-state index is 0.934. The Balaban J connectivity index is 1.40. The fourth-order valence-corrected chi connectivity index (χ4v) is 4.67. The van der Waals surface area contributed by atoms with Crippen LogP contribution in [0, 0.1) is 13.8 Å². The molecule has 0 spiro atoms. The van der Waals surface area contributed by atoms with E-state index >= 15 is 0 Å². The minimum Gasteiger partial charge on any atom is -0.346 e. The molecule has 0 amide bonds. The molecule has 3 aromatic carbocycles. The number of aromatic amines is 2. The van der Waals surface area contributed by atoms with Gasteiger partial charge in [-0.15, -0.1) is 0 Å². The number of H-pyrrole nitrogens is 2. The van der Waals surface area contributed by atoms with Crippen LogP contribution in [0.3, 0.4) is 0 Å². The second kappa shape index (κ2) is 6.42. The third kappa shape index (κ3) is 2.68. The summed E-state index contributed by atoms with van der Waals surface area (Å²) in [6, 6.07) is 20.0. The van der Waals surface area contributed by atoms with E-state index in [-0.39, 0.29) is 0 Å². The number of imidazole rings is 2. The summed E-state index contributed by atoms with van der Waals surface area (Å²) in [5, 5.41) is 2.63. The molecule has 6 rings (SSSR count). The molecule has 2 N–H and O–H groups in total. The summed E-state index contributed by atoms with van der Waals surface area (Å²) >= 11 is 0. The van der Waals surface area contributed by atoms with E-state index in [1.54, 1.807) is 0 Å². The number of aromatic nitrogens is 4. The number of nitrogens with zero attached hydrogens (tertiary/aromatic N) is 2. The Morgan fingerprint density at radius 1 is 0.767 bits per heavy atom. The Hall–Kier alpha value is -3.66. The number of hydrogen-bond acceptors (Lipinski definition) is 2. The highest BCUT2D eigenvalue weighted by Gasteiger charge is 2.21. The van der Waals surface area contributed by atoms with Gasteiger partial charge in [0.05, 0.1) is 17.6 Å². The number of rotatable bonds is 2. The van der Waals surface area contributed by atoms with E-state index in [0.717, 1.165) is 41.4 Å². The van der Waals surface area contributed by atoms with Crippen molar-refractivity contribution < 1.29 is 0 Å². The summed E-state index contributed by atoms with van der Waals surface area (Å²) in [5.74, 6) is 1.93. The molecular formula is C26H22N4. The molecule has 0 aliphatic heterocycles. The molecule has 30 heavy (non-hydrogen) atoms. The van der Waals surface area contributed by atoms with Crippen molar-refractivity contribution in [3.05, 3.63) is 83.7 Å². The predicted molar refractivity (Wildman–Crippen MR) is 121 cm³/mol. The average Bonchev–Trinajstić information content (AvgIpc) is 3.38. The summed E-state index contributed by atoms with van der Waals surface area (Å²) in [7, 11) is 0. The molecule has 1 aliphatic carbocycles. The first kappa shape index (κ1) is 17.2. The number of nitrogens with one attached hydrogen (secondary N) is 2. The van der Waals surface area contributed by atoms with Gasteiger partial charge >= 0.3 is 0 Å². The molecule has 0 saturated carbocycles. The number of fused-ring (bicyclic) bond motifs is 5. The lowest BCUT2D eigenvalue weighted by molar-refractivity contribution is 0.912. The van der Waals surface area contributed by atoms with Gasteiger partial charge in [-0.2, -0.15) is 0 Å². The largest absolute Gasteiger partial charge is 0.346 e. The SMILES string of the molecule is Cc1ncc(-c2ccc(-c3ccc4c5c(ccc4c3)-c3nc(C)[nH]c3CC5)cc2)[nH]1. The Kier molecular flexibility index (Phi) is 3.69. The van der Waals surface area contributed by atoms with Crippen LogP contribution in [0.25, 0.3) is 44.4 Å². The van der Waals surface area contributed by atoms with Gasteiger partial charge < -0.3 is 9.97 Å². The summed E-state index contributed by atoms with van der Waals surface area (Å²) in [6.07, 6.45) is 3.97. The highest BCUT2D eigenvalue weighted by atomic mass is 14.9. The maximum absolute atomic E-state index is 4.74. The maximum Gasteiger partial charge on any atom is 0.103 e. The van der Waals surface area contributed by atoms with E-state index in [9.17, 15) is 0 Å². The molecule has 0 bridgehead atoms. The zero-order valence-corrected chi connectivity index (χ0v) is 17.1. The van der Waals surface area contributed by atoms with E-state index in [1.807, 2.05) is 20.0 Å². The number of aryl methyl sites for hydroxylation is 4. The summed E-state index contributed by atoms with van der Waals surface area (Å²) in [6.45, 7) is 4.00. The van der Waals surface area contributed by atoms with Gasteiger partial charge in [0.1, 0.15) is 11.6 Å². The van der Waals surface area contributed by atoms with E-state index in [0.29, 0.717) is 0 Å². The van der Waals surface area contributed by atoms with E-state index in [2.05, 4.69) is 69.5 Å². The van der Waals surface area contributed by atoms with Crippen LogP contribution in [0.15, 0.2) is 60.8 Å². The van der Waals surface area contributed by atoms with Gasteiger partial charge in [-0.3, -0.25) is 0 Å². The number of hydrogen-bond donors (Lipinski definition) is 2. The van der Waals surface area contributed by atoms with Gasteiger partial charge in [0.2, 0.25) is 0 Å². The summed E-state index contributed by atoms with van der Waals surface area (Å²) in [5.41, 5.74) is 9.76. The standard InChI is InChI=1S/C26H22N4/c1-15-27-14-25(28-15)18-5-3-17(4-6-18)19-7-9-21-20(13-19)8-10-23-22(21)11-12-24-26(23)30-16(2)29-24/h3-10,13-14H,11-12H2,1-2H3,(H,27,28)(H,29,30). The molecular weight excluding hydrogens is 368 g/mol. The van der Waals surface area contributed by atoms with Crippen molar-refractivity contribution in [3.8, 4) is 33.6 Å². The monoisotopic (exact) mass is 390 g/mol. The van der Waals surface area contributed by atoms with Gasteiger partial charge in [0.15, 0.2) is 0 Å². The molecule has 0 saturated heterocycles. The minimum atomic E-state index is 0.934. The zero-order chi connectivity index (χ0) is 20.2. The van der Waals surface area contributed by atoms with E-state index < -0.39 is 0 Å². The van der Waals surface area contributed by atoms with Crippen molar-refractivity contribution in [2.45, 2.75) is 26.7 Å². The van der Waals surface area contributed by atoms with Gasteiger partial charge in [0, 0.05) is 11.3 Å². The Bertz CT molecular complexity index is 1400. The molecule has 2 aromatic heterocycles. The second-order valence-electron chi connectivity index (χ2n) is 8.14. The van der Waals surface area contributed by atoms with Crippen LogP contribution in [0.5, 0.6) is 0 Å². The third-order valence-corrected chi connectivity index (χ3v) is 6.14. The molecule has 0 fully saturated rings. The Morgan fingerprint density at radius 3 is 2.37 bits per heavy atom. The smallest absolute Gasteiger partial charge is 0.103 e. The maximum atomic E-state index is 4.74. The van der Waals surface area contributed by atoms with Crippen LogP contribution in [0.2, 0.25) is 0 Å². The molecule has 0 atom stereocenters. The zero-order valence-electron chi connectivity index (χ0n) is 17.1. The lowest BCUT2D eigenvalue weighted by Gasteiger charge is -2.18. The highest BCUT2D eigenvalue weighted by molar-refractivity contribution is 5.95. The second-order valence-corrected chi connectivity index (χ2v) is 8.14. The van der Waals surface area contributed by atoms with Crippen molar-refractivity contribution in [2.24, 2.45) is 0 Å². The molecule has 2 heterocycles. The van der Waals surface area contributed by atoms with Crippen LogP contribution in [0.1, 0.15) is 22.9 Å². The first-order chi connectivity index (χ1) is 14.7. The first-order valence-electron chi connectivity index (χ1n) is 10.4. The first-order valence-corrected chi connectivity index (χ1v) is 10.4. The molecule has 146 valence electrons. The molecule has 4 heteroatoms. The van der Waals surface area contributed by atoms with Gasteiger partial charge in [0.25, 0.3) is 0 Å². The Morgan fingerprint density at radius 2 is 1.57 bits per heavy atom. The summed E-state index contributed by atoms with van der Waals surface area (Å²) in [4.78, 5) is 15.7. The fourth-order valence-electron chi connectivity index (χ4n) is 4.67. The van der Waals surface area contributed by atoms with Crippen LogP contribution in [-0.4, -0.2) is 19.9 Å². The van der Waals surface area contributed by atoms with Gasteiger partial charge in [-0.05, 0) is 65.8 Å². The number of benzene rings is 3. The van der Waals surface area contributed by atoms with Gasteiger partial charge in [-0.1, -0.05) is 48.5 Å². The average molecular weight is 390 g/mol. The quantitative estimate of drug-likeness (QED) is 0.388. The van der Waals surface area contributed by atoms with Crippen molar-refractivity contribution in [1.29, 1.82) is 0 Å². The normalized spacial score (nSPS) is 12.7. The van der Waals surface area contributed by atoms with E-state index in [4.69, 9.17) is 4.98 Å². The molecule has 0 radical (unpaired) electrons. The van der Waals surface area contributed by atoms with Gasteiger partial charge in [-0.25, -0.2) is 9.97 Å². The Labute approximate surface area is 175 Å².